The molecular formula is C23H24N2O2S. The maximum absolute atomic E-state index is 5.57. The molecule has 0 fully saturated rings. The third-order valence-electron chi connectivity index (χ3n) is 4.16. The van der Waals surface area contributed by atoms with Crippen LogP contribution in [0.4, 0.5) is 5.69 Å². The first-order valence-corrected chi connectivity index (χ1v) is 9.31. The second kappa shape index (κ2) is 9.67. The zero-order chi connectivity index (χ0) is 19.8. The second-order valence-corrected chi connectivity index (χ2v) is 6.51. The van der Waals surface area contributed by atoms with Gasteiger partial charge in [-0.1, -0.05) is 66.8 Å². The van der Waals surface area contributed by atoms with Crippen LogP contribution in [0.25, 0.3) is 0 Å². The molecule has 0 aliphatic heterocycles. The molecule has 0 aliphatic rings. The van der Waals surface area contributed by atoms with Crippen molar-refractivity contribution >= 4 is 28.7 Å². The summed E-state index contributed by atoms with van der Waals surface area (Å²) in [5.74, 6) is 2.05. The smallest absolute Gasteiger partial charge is 0.142 e. The Morgan fingerprint density at radius 2 is 1.46 bits per heavy atom. The topological polar surface area (TPSA) is 42.8 Å². The van der Waals surface area contributed by atoms with Crippen LogP contribution in [-0.4, -0.2) is 25.0 Å². The van der Waals surface area contributed by atoms with Crippen LogP contribution in [0.1, 0.15) is 12.6 Å². The van der Waals surface area contributed by atoms with Crippen LogP contribution >= 0.6 is 12.2 Å². The van der Waals surface area contributed by atoms with Gasteiger partial charge in [0.05, 0.1) is 25.5 Å². The quantitative estimate of drug-likeness (QED) is 0.347. The Morgan fingerprint density at radius 3 is 2.18 bits per heavy atom. The summed E-state index contributed by atoms with van der Waals surface area (Å²) in [6.07, 6.45) is 0.586. The van der Waals surface area contributed by atoms with Crippen molar-refractivity contribution < 1.29 is 10.9 Å². The highest BCUT2D eigenvalue weighted by Gasteiger charge is 2.13. The normalized spacial score (nSPS) is 11.0. The number of aliphatic imine (C=N–C) groups is 1. The molecule has 28 heavy (non-hydrogen) atoms. The highest BCUT2D eigenvalue weighted by atomic mass is 32.1. The molecule has 144 valence electrons. The van der Waals surface area contributed by atoms with Crippen molar-refractivity contribution in [3.05, 3.63) is 90.0 Å². The number of para-hydroxylation sites is 3. The van der Waals surface area contributed by atoms with E-state index in [2.05, 4.69) is 5.32 Å². The number of amidine groups is 1. The van der Waals surface area contributed by atoms with Gasteiger partial charge in [-0.15, -0.1) is 0 Å². The lowest BCUT2D eigenvalue weighted by atomic mass is 10.1. The number of hydrogen-bond acceptors (Lipinski definition) is 3. The van der Waals surface area contributed by atoms with Crippen molar-refractivity contribution in [1.82, 2.24) is 0 Å². The summed E-state index contributed by atoms with van der Waals surface area (Å²) < 4.78 is 11.0. The number of methoxy groups -OCH3 is 2. The molecule has 3 rings (SSSR count). The molecule has 0 amide bonds. The highest BCUT2D eigenvalue weighted by molar-refractivity contribution is 7.80. The highest BCUT2D eigenvalue weighted by Crippen LogP contribution is 2.26. The van der Waals surface area contributed by atoms with Crippen LogP contribution in [0, 0.1) is 0 Å². The lowest BCUT2D eigenvalue weighted by Crippen LogP contribution is -2.17. The fraction of sp³-hybridized carbons (Fsp3) is 0.130. The number of ether oxygens (including phenoxy) is 2. The molecule has 0 bridgehead atoms. The minimum absolute atomic E-state index is 0. The van der Waals surface area contributed by atoms with Gasteiger partial charge in [0.25, 0.3) is 0 Å². The van der Waals surface area contributed by atoms with Crippen molar-refractivity contribution in [1.29, 1.82) is 0 Å². The monoisotopic (exact) mass is 392 g/mol. The van der Waals surface area contributed by atoms with Crippen LogP contribution < -0.4 is 14.8 Å². The summed E-state index contributed by atoms with van der Waals surface area (Å²) in [7, 11) is 3.28. The molecule has 0 unspecified atom stereocenters. The Balaban J connectivity index is 0.00000300. The fourth-order valence-corrected chi connectivity index (χ4v) is 3.06. The molecule has 4 nitrogen and oxygen atoms in total. The predicted octanol–water partition coefficient (Wildman–Crippen LogP) is 5.38. The van der Waals surface area contributed by atoms with E-state index in [-0.39, 0.29) is 1.43 Å². The lowest BCUT2D eigenvalue weighted by Gasteiger charge is -2.16. The van der Waals surface area contributed by atoms with Crippen molar-refractivity contribution in [2.75, 3.05) is 19.5 Å². The number of nitrogens with one attached hydrogen (secondary N) is 1. The zero-order valence-corrected chi connectivity index (χ0v) is 16.7. The Kier molecular flexibility index (Phi) is 6.76. The van der Waals surface area contributed by atoms with E-state index in [9.17, 15) is 0 Å². The van der Waals surface area contributed by atoms with Gasteiger partial charge in [-0.3, -0.25) is 0 Å². The molecule has 0 aliphatic carbocycles. The molecular weight excluding hydrogens is 368 g/mol. The van der Waals surface area contributed by atoms with Crippen LogP contribution in [0.15, 0.2) is 83.9 Å². The standard InChI is InChI=1S/C23H22N2O2S.H2/c1-26-20-14-8-6-12-18(20)23(24-19-13-7-9-15-21(19)27-2)25-22(28)16-17-10-4-3-5-11-17;/h3-15H,16H2,1-2H3,(H,24,25,28);1H. The van der Waals surface area contributed by atoms with Gasteiger partial charge >= 0.3 is 0 Å². The predicted molar refractivity (Wildman–Crippen MR) is 121 cm³/mol. The molecule has 0 heterocycles. The van der Waals surface area contributed by atoms with Gasteiger partial charge in [-0.25, -0.2) is 4.99 Å². The second-order valence-electron chi connectivity index (χ2n) is 6.04. The van der Waals surface area contributed by atoms with Crippen molar-refractivity contribution in [3.8, 4) is 11.5 Å². The Hall–Kier alpha value is -3.18. The van der Waals surface area contributed by atoms with E-state index in [0.29, 0.717) is 23.0 Å². The Morgan fingerprint density at radius 1 is 0.857 bits per heavy atom. The van der Waals surface area contributed by atoms with E-state index in [1.54, 1.807) is 14.2 Å². The summed E-state index contributed by atoms with van der Waals surface area (Å²) in [5.41, 5.74) is 2.75. The molecule has 0 spiro atoms. The van der Waals surface area contributed by atoms with E-state index >= 15 is 0 Å². The number of anilines is 1. The van der Waals surface area contributed by atoms with Crippen LogP contribution in [0.2, 0.25) is 0 Å². The number of nitrogens with zero attached hydrogens (tertiary/aromatic N) is 1. The lowest BCUT2D eigenvalue weighted by molar-refractivity contribution is 0.413. The van der Waals surface area contributed by atoms with Gasteiger partial charge in [0.2, 0.25) is 0 Å². The Labute approximate surface area is 172 Å². The van der Waals surface area contributed by atoms with Crippen LogP contribution in [-0.2, 0) is 6.42 Å². The average Bonchev–Trinajstić information content (AvgIpc) is 2.74. The minimum atomic E-state index is 0. The molecule has 0 aromatic heterocycles. The number of benzene rings is 3. The molecule has 0 atom stereocenters. The fourth-order valence-electron chi connectivity index (χ4n) is 2.81. The molecule has 0 saturated carbocycles. The summed E-state index contributed by atoms with van der Waals surface area (Å²) in [5, 5.41) is 3.36. The minimum Gasteiger partial charge on any atom is -0.496 e. The van der Waals surface area contributed by atoms with Crippen molar-refractivity contribution in [2.45, 2.75) is 6.42 Å². The van der Waals surface area contributed by atoms with E-state index in [4.69, 9.17) is 26.7 Å². The van der Waals surface area contributed by atoms with Gasteiger partial charge in [0, 0.05) is 7.85 Å². The molecule has 0 saturated heterocycles. The molecule has 0 radical (unpaired) electrons. The van der Waals surface area contributed by atoms with Gasteiger partial charge < -0.3 is 14.8 Å². The van der Waals surface area contributed by atoms with E-state index in [0.717, 1.165) is 22.6 Å². The average molecular weight is 393 g/mol. The van der Waals surface area contributed by atoms with Gasteiger partial charge in [0.15, 0.2) is 0 Å². The maximum atomic E-state index is 5.57. The maximum Gasteiger partial charge on any atom is 0.142 e. The molecule has 5 heteroatoms. The van der Waals surface area contributed by atoms with E-state index < -0.39 is 0 Å². The first-order chi connectivity index (χ1) is 13.7. The third-order valence-corrected chi connectivity index (χ3v) is 4.39. The number of hydrogen-bond donors (Lipinski definition) is 1. The summed E-state index contributed by atoms with van der Waals surface area (Å²) in [4.78, 5) is 5.30. The molecule has 3 aromatic carbocycles. The SMILES string of the molecule is COc1ccccc1NC(=NC(=S)Cc1ccccc1)c1ccccc1OC.[HH]. The van der Waals surface area contributed by atoms with E-state index in [1.807, 2.05) is 78.9 Å². The van der Waals surface area contributed by atoms with Gasteiger partial charge in [-0.05, 0) is 29.8 Å². The first kappa shape index (κ1) is 19.6. The van der Waals surface area contributed by atoms with Crippen molar-refractivity contribution in [2.24, 2.45) is 4.99 Å². The van der Waals surface area contributed by atoms with Crippen molar-refractivity contribution in [3.63, 3.8) is 0 Å². The first-order valence-electron chi connectivity index (χ1n) is 8.90. The van der Waals surface area contributed by atoms with Gasteiger partial charge in [0.1, 0.15) is 22.3 Å². The summed E-state index contributed by atoms with van der Waals surface area (Å²) in [6.45, 7) is 0. The van der Waals surface area contributed by atoms with Gasteiger partial charge in [-0.2, -0.15) is 0 Å². The third kappa shape index (κ3) is 4.96. The zero-order valence-electron chi connectivity index (χ0n) is 15.9. The summed E-state index contributed by atoms with van der Waals surface area (Å²) in [6, 6.07) is 25.5. The molecule has 3 aromatic rings. The van der Waals surface area contributed by atoms with Crippen LogP contribution in [0.5, 0.6) is 11.5 Å². The Bertz CT molecular complexity index is 977. The largest absolute Gasteiger partial charge is 0.496 e. The van der Waals surface area contributed by atoms with Crippen LogP contribution in [0.3, 0.4) is 0 Å². The number of rotatable bonds is 6. The molecule has 1 N–H and O–H groups in total. The summed E-state index contributed by atoms with van der Waals surface area (Å²) >= 11 is 5.57. The van der Waals surface area contributed by atoms with E-state index in [1.165, 1.54) is 0 Å². The number of thiocarbonyl (C=S) groups is 1.